The summed E-state index contributed by atoms with van der Waals surface area (Å²) < 4.78 is 4.31. The Labute approximate surface area is 105 Å². The molecule has 0 saturated heterocycles. The molecule has 0 saturated carbocycles. The predicted molar refractivity (Wildman–Crippen MR) is 70.3 cm³/mol. The smallest absolute Gasteiger partial charge is 0.202 e. The van der Waals surface area contributed by atoms with Crippen LogP contribution in [0.1, 0.15) is 36.7 Å². The topological polar surface area (TPSA) is 50.7 Å². The summed E-state index contributed by atoms with van der Waals surface area (Å²) in [7, 11) is 0. The molecule has 4 nitrogen and oxygen atoms in total. The van der Waals surface area contributed by atoms with Crippen LogP contribution in [0.2, 0.25) is 0 Å². The quantitative estimate of drug-likeness (QED) is 0.903. The van der Waals surface area contributed by atoms with Crippen LogP contribution in [0.3, 0.4) is 0 Å². The van der Waals surface area contributed by atoms with Gasteiger partial charge in [0.25, 0.3) is 0 Å². The maximum absolute atomic E-state index is 4.44. The molecular formula is C12H16N4S. The highest BCUT2D eigenvalue weighted by atomic mass is 32.1. The van der Waals surface area contributed by atoms with Gasteiger partial charge >= 0.3 is 0 Å². The van der Waals surface area contributed by atoms with Crippen LogP contribution in [-0.4, -0.2) is 14.3 Å². The van der Waals surface area contributed by atoms with Gasteiger partial charge in [0.1, 0.15) is 5.82 Å². The lowest BCUT2D eigenvalue weighted by Crippen LogP contribution is -2.01. The van der Waals surface area contributed by atoms with Crippen LogP contribution >= 0.6 is 11.5 Å². The zero-order chi connectivity index (χ0) is 12.3. The number of hydrogen-bond acceptors (Lipinski definition) is 5. The third-order valence-corrected chi connectivity index (χ3v) is 3.21. The van der Waals surface area contributed by atoms with Gasteiger partial charge in [0.15, 0.2) is 0 Å². The molecule has 0 bridgehead atoms. The van der Waals surface area contributed by atoms with E-state index >= 15 is 0 Å². The third kappa shape index (κ3) is 3.00. The molecule has 2 rings (SSSR count). The van der Waals surface area contributed by atoms with Crippen molar-refractivity contribution in [1.29, 1.82) is 0 Å². The van der Waals surface area contributed by atoms with Crippen molar-refractivity contribution in [1.82, 2.24) is 14.3 Å². The van der Waals surface area contributed by atoms with E-state index in [0.717, 1.165) is 17.5 Å². The van der Waals surface area contributed by atoms with Crippen LogP contribution in [-0.2, 0) is 6.54 Å². The van der Waals surface area contributed by atoms with E-state index in [9.17, 15) is 0 Å². The number of aromatic nitrogens is 3. The Morgan fingerprint density at radius 1 is 1.41 bits per heavy atom. The fourth-order valence-corrected chi connectivity index (χ4v) is 2.12. The van der Waals surface area contributed by atoms with Crippen LogP contribution in [0.25, 0.3) is 0 Å². The van der Waals surface area contributed by atoms with Crippen molar-refractivity contribution in [3.05, 3.63) is 35.4 Å². The minimum absolute atomic E-state index is 0.379. The molecule has 0 aromatic carbocycles. The normalized spacial score (nSPS) is 10.8. The van der Waals surface area contributed by atoms with Crippen molar-refractivity contribution in [3.63, 3.8) is 0 Å². The number of nitrogens with zero attached hydrogens (tertiary/aromatic N) is 3. The van der Waals surface area contributed by atoms with Gasteiger partial charge in [-0.25, -0.2) is 4.98 Å². The summed E-state index contributed by atoms with van der Waals surface area (Å²) in [6.45, 7) is 7.02. The van der Waals surface area contributed by atoms with Crippen LogP contribution < -0.4 is 5.32 Å². The van der Waals surface area contributed by atoms with E-state index in [1.54, 1.807) is 0 Å². The van der Waals surface area contributed by atoms with Gasteiger partial charge in [-0.2, -0.15) is 4.37 Å². The number of pyridine rings is 1. The number of rotatable bonds is 4. The zero-order valence-corrected chi connectivity index (χ0v) is 11.1. The predicted octanol–water partition coefficient (Wildman–Crippen LogP) is 2.98. The lowest BCUT2D eigenvalue weighted by Gasteiger charge is -2.05. The van der Waals surface area contributed by atoms with Crippen LogP contribution in [0.4, 0.5) is 5.13 Å². The number of aryl methyl sites for hydroxylation is 1. The largest absolute Gasteiger partial charge is 0.356 e. The maximum Gasteiger partial charge on any atom is 0.202 e. The second-order valence-electron chi connectivity index (χ2n) is 4.27. The van der Waals surface area contributed by atoms with Crippen LogP contribution in [0, 0.1) is 6.92 Å². The molecule has 0 fully saturated rings. The molecule has 2 aromatic rings. The summed E-state index contributed by atoms with van der Waals surface area (Å²) in [6.07, 6.45) is 3.68. The lowest BCUT2D eigenvalue weighted by molar-refractivity contribution is 0.799. The van der Waals surface area contributed by atoms with E-state index < -0.39 is 0 Å². The number of hydrogen-bond donors (Lipinski definition) is 1. The van der Waals surface area contributed by atoms with Gasteiger partial charge < -0.3 is 5.32 Å². The van der Waals surface area contributed by atoms with Crippen LogP contribution in [0.15, 0.2) is 18.5 Å². The Kier molecular flexibility index (Phi) is 3.68. The molecule has 0 atom stereocenters. The maximum atomic E-state index is 4.44. The molecule has 0 radical (unpaired) electrons. The average molecular weight is 248 g/mol. The van der Waals surface area contributed by atoms with Crippen molar-refractivity contribution in [2.45, 2.75) is 33.2 Å². The van der Waals surface area contributed by atoms with Gasteiger partial charge in [0.2, 0.25) is 5.13 Å². The van der Waals surface area contributed by atoms with Gasteiger partial charge in [0.05, 0.1) is 0 Å². The SMILES string of the molecule is Cc1cnccc1CNc1nc(C(C)C)ns1. The summed E-state index contributed by atoms with van der Waals surface area (Å²) in [5, 5.41) is 4.17. The van der Waals surface area contributed by atoms with Gasteiger partial charge in [-0.05, 0) is 24.1 Å². The Morgan fingerprint density at radius 3 is 2.88 bits per heavy atom. The fourth-order valence-electron chi connectivity index (χ4n) is 1.41. The summed E-state index contributed by atoms with van der Waals surface area (Å²) in [5.41, 5.74) is 2.43. The minimum Gasteiger partial charge on any atom is -0.356 e. The summed E-state index contributed by atoms with van der Waals surface area (Å²) in [6, 6.07) is 2.02. The molecular weight excluding hydrogens is 232 g/mol. The first kappa shape index (κ1) is 12.0. The first-order valence-corrected chi connectivity index (χ1v) is 6.41. The fraction of sp³-hybridized carbons (Fsp3) is 0.417. The highest BCUT2D eigenvalue weighted by Crippen LogP contribution is 2.18. The zero-order valence-electron chi connectivity index (χ0n) is 10.3. The van der Waals surface area contributed by atoms with E-state index in [2.05, 4.69) is 40.4 Å². The monoisotopic (exact) mass is 248 g/mol. The van der Waals surface area contributed by atoms with Crippen LogP contribution in [0.5, 0.6) is 0 Å². The Morgan fingerprint density at radius 2 is 2.24 bits per heavy atom. The highest BCUT2D eigenvalue weighted by molar-refractivity contribution is 7.09. The van der Waals surface area contributed by atoms with Gasteiger partial charge in [-0.3, -0.25) is 4.98 Å². The van der Waals surface area contributed by atoms with Gasteiger partial charge in [-0.15, -0.1) is 0 Å². The van der Waals surface area contributed by atoms with E-state index in [0.29, 0.717) is 5.92 Å². The Bertz CT molecular complexity index is 493. The molecule has 5 heteroatoms. The van der Waals surface area contributed by atoms with Gasteiger partial charge in [-0.1, -0.05) is 13.8 Å². The van der Waals surface area contributed by atoms with E-state index in [1.165, 1.54) is 22.7 Å². The summed E-state index contributed by atoms with van der Waals surface area (Å²) in [4.78, 5) is 8.51. The van der Waals surface area contributed by atoms with Crippen molar-refractivity contribution >= 4 is 16.7 Å². The Hall–Kier alpha value is -1.49. The third-order valence-electron chi connectivity index (χ3n) is 2.52. The number of anilines is 1. The summed E-state index contributed by atoms with van der Waals surface area (Å²) in [5.74, 6) is 1.29. The highest BCUT2D eigenvalue weighted by Gasteiger charge is 2.07. The molecule has 2 heterocycles. The number of nitrogens with one attached hydrogen (secondary N) is 1. The molecule has 0 aliphatic heterocycles. The summed E-state index contributed by atoms with van der Waals surface area (Å²) >= 11 is 1.42. The molecule has 17 heavy (non-hydrogen) atoms. The van der Waals surface area contributed by atoms with E-state index in [-0.39, 0.29) is 0 Å². The molecule has 0 spiro atoms. The molecule has 0 aliphatic carbocycles. The van der Waals surface area contributed by atoms with Gasteiger partial charge in [0, 0.05) is 36.4 Å². The molecule has 2 aromatic heterocycles. The lowest BCUT2D eigenvalue weighted by atomic mass is 10.2. The standard InChI is InChI=1S/C12H16N4S/c1-8(2)11-15-12(17-16-11)14-7-10-4-5-13-6-9(10)3/h4-6,8H,7H2,1-3H3,(H,14,15,16). The second-order valence-corrected chi connectivity index (χ2v) is 5.02. The van der Waals surface area contributed by atoms with Crippen molar-refractivity contribution in [3.8, 4) is 0 Å². The van der Waals surface area contributed by atoms with E-state index in [4.69, 9.17) is 0 Å². The van der Waals surface area contributed by atoms with Crippen molar-refractivity contribution in [2.24, 2.45) is 0 Å². The molecule has 1 N–H and O–H groups in total. The average Bonchev–Trinajstić information content (AvgIpc) is 2.77. The van der Waals surface area contributed by atoms with Crippen molar-refractivity contribution in [2.75, 3.05) is 5.32 Å². The first-order chi connectivity index (χ1) is 8.16. The van der Waals surface area contributed by atoms with Crippen molar-refractivity contribution < 1.29 is 0 Å². The minimum atomic E-state index is 0.379. The Balaban J connectivity index is 2.00. The molecule has 0 amide bonds. The molecule has 90 valence electrons. The van der Waals surface area contributed by atoms with E-state index in [1.807, 2.05) is 18.5 Å². The first-order valence-electron chi connectivity index (χ1n) is 5.64. The molecule has 0 unspecified atom stereocenters. The molecule has 0 aliphatic rings. The second kappa shape index (κ2) is 5.23.